The molecule has 0 aliphatic rings. The normalized spacial score (nSPS) is 12.9. The Balaban J connectivity index is 3.89. The molecule has 0 aromatic heterocycles. The molecule has 0 saturated heterocycles. The topological polar surface area (TPSA) is 52.7 Å². The van der Waals surface area contributed by atoms with Gasteiger partial charge in [-0.2, -0.15) is 0 Å². The van der Waals surface area contributed by atoms with Crippen molar-refractivity contribution in [1.29, 1.82) is 0 Å². The Kier molecular flexibility index (Phi) is 8.77. The van der Waals surface area contributed by atoms with Crippen molar-refractivity contribution in [2.75, 3.05) is 46.5 Å². The molecule has 0 saturated carbocycles. The van der Waals surface area contributed by atoms with Gasteiger partial charge in [0.15, 0.2) is 0 Å². The van der Waals surface area contributed by atoms with E-state index >= 15 is 0 Å². The quantitative estimate of drug-likeness (QED) is 0.595. The molecule has 0 fully saturated rings. The monoisotopic (exact) mass is 279 g/mol. The van der Waals surface area contributed by atoms with Gasteiger partial charge in [-0.15, -0.1) is 0 Å². The summed E-state index contributed by atoms with van der Waals surface area (Å²) < 4.78 is 25.3. The lowest BCUT2D eigenvalue weighted by atomic mass is 10.4. The molecule has 0 rings (SSSR count). The standard InChI is InChI=1S/C12H29N3O2S/c1-12(2)13-8-6-11-18(16,17)15(5)10-7-9-14(3)4/h12-13H,6-11H2,1-5H3. The smallest absolute Gasteiger partial charge is 0.213 e. The minimum Gasteiger partial charge on any atom is -0.314 e. The predicted molar refractivity (Wildman–Crippen MR) is 77.3 cm³/mol. The molecule has 0 aromatic rings. The highest BCUT2D eigenvalue weighted by molar-refractivity contribution is 7.89. The Morgan fingerprint density at radius 1 is 1.06 bits per heavy atom. The lowest BCUT2D eigenvalue weighted by Gasteiger charge is -2.18. The number of hydrogen-bond donors (Lipinski definition) is 1. The molecular weight excluding hydrogens is 250 g/mol. The molecule has 0 radical (unpaired) electrons. The van der Waals surface area contributed by atoms with Crippen molar-refractivity contribution in [2.45, 2.75) is 32.7 Å². The van der Waals surface area contributed by atoms with Crippen molar-refractivity contribution in [1.82, 2.24) is 14.5 Å². The van der Waals surface area contributed by atoms with Gasteiger partial charge >= 0.3 is 0 Å². The Hall–Kier alpha value is -0.170. The van der Waals surface area contributed by atoms with Gasteiger partial charge in [0, 0.05) is 19.6 Å². The van der Waals surface area contributed by atoms with Crippen molar-refractivity contribution in [2.24, 2.45) is 0 Å². The third-order valence-electron chi connectivity index (χ3n) is 2.68. The average Bonchev–Trinajstić information content (AvgIpc) is 2.23. The van der Waals surface area contributed by atoms with Gasteiger partial charge in [-0.1, -0.05) is 13.8 Å². The van der Waals surface area contributed by atoms with Crippen molar-refractivity contribution in [3.63, 3.8) is 0 Å². The maximum atomic E-state index is 11.9. The van der Waals surface area contributed by atoms with E-state index < -0.39 is 10.0 Å². The molecule has 6 heteroatoms. The lowest BCUT2D eigenvalue weighted by molar-refractivity contribution is 0.370. The SMILES string of the molecule is CC(C)NCCCS(=O)(=O)N(C)CCCN(C)C. The van der Waals surface area contributed by atoms with Gasteiger partial charge in [0.1, 0.15) is 0 Å². The molecule has 110 valence electrons. The van der Waals surface area contributed by atoms with Crippen LogP contribution in [0.25, 0.3) is 0 Å². The highest BCUT2D eigenvalue weighted by atomic mass is 32.2. The Morgan fingerprint density at radius 2 is 1.67 bits per heavy atom. The summed E-state index contributed by atoms with van der Waals surface area (Å²) in [6, 6.07) is 0.408. The van der Waals surface area contributed by atoms with Crippen LogP contribution in [-0.4, -0.2) is 70.2 Å². The Bertz CT molecular complexity index is 302. The summed E-state index contributed by atoms with van der Waals surface area (Å²) in [5.41, 5.74) is 0. The van der Waals surface area contributed by atoms with E-state index in [-0.39, 0.29) is 5.75 Å². The van der Waals surface area contributed by atoms with Crippen LogP contribution < -0.4 is 5.32 Å². The van der Waals surface area contributed by atoms with Crippen molar-refractivity contribution in [3.8, 4) is 0 Å². The van der Waals surface area contributed by atoms with Gasteiger partial charge in [0.25, 0.3) is 0 Å². The van der Waals surface area contributed by atoms with Crippen molar-refractivity contribution in [3.05, 3.63) is 0 Å². The molecule has 0 amide bonds. The molecule has 0 unspecified atom stereocenters. The maximum absolute atomic E-state index is 11.9. The van der Waals surface area contributed by atoms with E-state index in [0.29, 0.717) is 19.0 Å². The second-order valence-corrected chi connectivity index (χ2v) is 7.45. The van der Waals surface area contributed by atoms with E-state index in [1.807, 2.05) is 14.1 Å². The van der Waals surface area contributed by atoms with Gasteiger partial charge in [-0.25, -0.2) is 12.7 Å². The van der Waals surface area contributed by atoms with Crippen LogP contribution in [0.3, 0.4) is 0 Å². The van der Waals surface area contributed by atoms with Crippen LogP contribution >= 0.6 is 0 Å². The van der Waals surface area contributed by atoms with Crippen LogP contribution in [0.2, 0.25) is 0 Å². The first kappa shape index (κ1) is 17.8. The average molecular weight is 279 g/mol. The molecule has 0 heterocycles. The zero-order valence-corrected chi connectivity index (χ0v) is 13.3. The van der Waals surface area contributed by atoms with E-state index in [9.17, 15) is 8.42 Å². The van der Waals surface area contributed by atoms with Gasteiger partial charge in [-0.3, -0.25) is 0 Å². The van der Waals surface area contributed by atoms with Crippen molar-refractivity contribution >= 4 is 10.0 Å². The van der Waals surface area contributed by atoms with Gasteiger partial charge in [0.05, 0.1) is 5.75 Å². The molecule has 0 bridgehead atoms. The zero-order chi connectivity index (χ0) is 14.2. The van der Waals surface area contributed by atoms with Crippen LogP contribution in [0.15, 0.2) is 0 Å². The van der Waals surface area contributed by atoms with Crippen LogP contribution in [0.4, 0.5) is 0 Å². The zero-order valence-electron chi connectivity index (χ0n) is 12.4. The summed E-state index contributed by atoms with van der Waals surface area (Å²) in [7, 11) is 2.57. The summed E-state index contributed by atoms with van der Waals surface area (Å²) in [4.78, 5) is 2.06. The van der Waals surface area contributed by atoms with Gasteiger partial charge < -0.3 is 10.2 Å². The number of nitrogens with zero attached hydrogens (tertiary/aromatic N) is 2. The second kappa shape index (κ2) is 8.85. The highest BCUT2D eigenvalue weighted by Gasteiger charge is 2.16. The fraction of sp³-hybridized carbons (Fsp3) is 1.00. The number of nitrogens with one attached hydrogen (secondary N) is 1. The predicted octanol–water partition coefficient (Wildman–Crippen LogP) is 0.588. The van der Waals surface area contributed by atoms with E-state index in [1.54, 1.807) is 7.05 Å². The van der Waals surface area contributed by atoms with Gasteiger partial charge in [0.2, 0.25) is 10.0 Å². The molecule has 0 aliphatic heterocycles. The van der Waals surface area contributed by atoms with Crippen LogP contribution in [-0.2, 0) is 10.0 Å². The van der Waals surface area contributed by atoms with Crippen LogP contribution in [0, 0.1) is 0 Å². The Labute approximate surface area is 113 Å². The minimum absolute atomic E-state index is 0.227. The largest absolute Gasteiger partial charge is 0.314 e. The fourth-order valence-electron chi connectivity index (χ4n) is 1.55. The first-order chi connectivity index (χ1) is 8.25. The lowest BCUT2D eigenvalue weighted by Crippen LogP contribution is -2.33. The second-order valence-electron chi connectivity index (χ2n) is 5.26. The van der Waals surface area contributed by atoms with E-state index in [0.717, 1.165) is 19.5 Å². The summed E-state index contributed by atoms with van der Waals surface area (Å²) in [5, 5.41) is 3.23. The third-order valence-corrected chi connectivity index (χ3v) is 4.62. The third kappa shape index (κ3) is 8.85. The molecule has 0 aromatic carbocycles. The summed E-state index contributed by atoms with van der Waals surface area (Å²) in [6.45, 7) is 6.37. The highest BCUT2D eigenvalue weighted by Crippen LogP contribution is 2.01. The number of rotatable bonds is 10. The first-order valence-electron chi connectivity index (χ1n) is 6.58. The van der Waals surface area contributed by atoms with E-state index in [4.69, 9.17) is 0 Å². The summed E-state index contributed by atoms with van der Waals surface area (Å²) in [6.07, 6.45) is 1.53. The number of sulfonamides is 1. The number of hydrogen-bond acceptors (Lipinski definition) is 4. The van der Waals surface area contributed by atoms with E-state index in [1.165, 1.54) is 4.31 Å². The minimum atomic E-state index is -3.08. The molecule has 18 heavy (non-hydrogen) atoms. The van der Waals surface area contributed by atoms with E-state index in [2.05, 4.69) is 24.1 Å². The van der Waals surface area contributed by atoms with Crippen LogP contribution in [0.5, 0.6) is 0 Å². The molecule has 1 N–H and O–H groups in total. The molecule has 0 aliphatic carbocycles. The van der Waals surface area contributed by atoms with Gasteiger partial charge in [-0.05, 0) is 40.0 Å². The Morgan fingerprint density at radius 3 is 2.17 bits per heavy atom. The fourth-order valence-corrected chi connectivity index (χ4v) is 2.78. The molecule has 5 nitrogen and oxygen atoms in total. The summed E-state index contributed by atoms with van der Waals surface area (Å²) >= 11 is 0. The first-order valence-corrected chi connectivity index (χ1v) is 8.18. The molecule has 0 atom stereocenters. The molecular formula is C12H29N3O2S. The summed E-state index contributed by atoms with van der Waals surface area (Å²) in [5.74, 6) is 0.227. The van der Waals surface area contributed by atoms with Crippen molar-refractivity contribution < 1.29 is 8.42 Å². The molecule has 0 spiro atoms. The van der Waals surface area contributed by atoms with Crippen LogP contribution in [0.1, 0.15) is 26.7 Å². The maximum Gasteiger partial charge on any atom is 0.213 e.